The van der Waals surface area contributed by atoms with Gasteiger partial charge in [0, 0.05) is 16.5 Å². The van der Waals surface area contributed by atoms with Crippen molar-refractivity contribution in [2.75, 3.05) is 6.54 Å². The van der Waals surface area contributed by atoms with Gasteiger partial charge in [-0.3, -0.25) is 4.79 Å². The van der Waals surface area contributed by atoms with Crippen LogP contribution < -0.4 is 15.1 Å². The molecule has 1 unspecified atom stereocenters. The van der Waals surface area contributed by atoms with E-state index < -0.39 is 0 Å². The average molecular weight is 289 g/mol. The summed E-state index contributed by atoms with van der Waals surface area (Å²) in [5, 5.41) is 6.56. The summed E-state index contributed by atoms with van der Waals surface area (Å²) in [6.07, 6.45) is 9.93. The molecule has 20 heavy (non-hydrogen) atoms. The normalized spacial score (nSPS) is 14.6. The summed E-state index contributed by atoms with van der Waals surface area (Å²) in [5.74, 6) is 2.89. The molecule has 0 saturated carbocycles. The smallest absolute Gasteiger partial charge is 0.152 e. The van der Waals surface area contributed by atoms with Crippen molar-refractivity contribution in [1.29, 1.82) is 0 Å². The zero-order valence-corrected chi connectivity index (χ0v) is 13.5. The Hall–Kier alpha value is -1.37. The summed E-state index contributed by atoms with van der Waals surface area (Å²) >= 11 is 1.64. The van der Waals surface area contributed by atoms with Gasteiger partial charge in [-0.2, -0.15) is 0 Å². The molecular weight excluding hydrogens is 266 g/mol. The van der Waals surface area contributed by atoms with Crippen molar-refractivity contribution < 1.29 is 4.79 Å². The van der Waals surface area contributed by atoms with Gasteiger partial charge in [-0.25, -0.2) is 0 Å². The highest BCUT2D eigenvalue weighted by Crippen LogP contribution is 2.06. The zero-order chi connectivity index (χ0) is 15.1. The highest BCUT2D eigenvalue weighted by atomic mass is 32.1. The van der Waals surface area contributed by atoms with Gasteiger partial charge in [0.15, 0.2) is 5.78 Å². The quantitative estimate of drug-likeness (QED) is 0.808. The molecule has 0 bridgehead atoms. The van der Waals surface area contributed by atoms with Crippen molar-refractivity contribution in [3.8, 4) is 12.3 Å². The lowest BCUT2D eigenvalue weighted by Crippen LogP contribution is -2.42. The topological polar surface area (TPSA) is 29.1 Å². The Balaban J connectivity index is 3.11. The molecule has 0 spiro atoms. The maximum Gasteiger partial charge on any atom is 0.152 e. The summed E-state index contributed by atoms with van der Waals surface area (Å²) < 4.78 is 1.09. The molecule has 0 aliphatic carbocycles. The minimum Gasteiger partial charge on any atom is -0.307 e. The van der Waals surface area contributed by atoms with Gasteiger partial charge in [0.2, 0.25) is 0 Å². The standard InChI is InChI=1S/C17H23NOS/c1-6-9-16-14(7-2)13(11-20-16)10-15(18-8-3)17(19)12(4)5/h1,7,9,11-12,15,18H,8,10H2,2-5H3/b14-7-,16-9+. The number of thiophene rings is 1. The molecular formula is C17H23NOS. The van der Waals surface area contributed by atoms with Crippen LogP contribution in [0, 0.1) is 18.3 Å². The van der Waals surface area contributed by atoms with E-state index in [1.807, 2.05) is 27.7 Å². The molecule has 2 nitrogen and oxygen atoms in total. The minimum absolute atomic E-state index is 0.0449. The fourth-order valence-corrected chi connectivity index (χ4v) is 3.24. The van der Waals surface area contributed by atoms with Crippen LogP contribution in [0.5, 0.6) is 0 Å². The maximum absolute atomic E-state index is 12.3. The number of carbonyl (C=O) groups is 1. The SMILES string of the molecule is C#C/C=c1/scc(CC(NCC)C(=O)C(C)C)/c1=C/C. The molecule has 0 aliphatic rings. The van der Waals surface area contributed by atoms with Crippen LogP contribution in [0.15, 0.2) is 5.38 Å². The molecule has 0 aliphatic heterocycles. The number of likely N-dealkylation sites (N-methyl/N-ethyl adjacent to an activating group) is 1. The van der Waals surface area contributed by atoms with Crippen LogP contribution in [0.25, 0.3) is 12.2 Å². The van der Waals surface area contributed by atoms with E-state index in [0.717, 1.165) is 22.7 Å². The first-order valence-electron chi connectivity index (χ1n) is 7.01. The van der Waals surface area contributed by atoms with E-state index >= 15 is 0 Å². The van der Waals surface area contributed by atoms with Crippen LogP contribution in [-0.4, -0.2) is 18.4 Å². The molecule has 0 amide bonds. The molecule has 0 radical (unpaired) electrons. The maximum atomic E-state index is 12.3. The molecule has 1 heterocycles. The lowest BCUT2D eigenvalue weighted by atomic mass is 9.96. The Morgan fingerprint density at radius 1 is 1.55 bits per heavy atom. The number of hydrogen-bond donors (Lipinski definition) is 1. The summed E-state index contributed by atoms with van der Waals surface area (Å²) in [6.45, 7) is 8.72. The second-order valence-electron chi connectivity index (χ2n) is 5.01. The number of ketones is 1. The highest BCUT2D eigenvalue weighted by Gasteiger charge is 2.21. The van der Waals surface area contributed by atoms with Crippen LogP contribution in [0.4, 0.5) is 0 Å². The van der Waals surface area contributed by atoms with Gasteiger partial charge < -0.3 is 5.32 Å². The number of nitrogens with one attached hydrogen (secondary N) is 1. The molecule has 1 aromatic rings. The third-order valence-electron chi connectivity index (χ3n) is 3.23. The zero-order valence-electron chi connectivity index (χ0n) is 12.7. The Labute approximate surface area is 125 Å². The lowest BCUT2D eigenvalue weighted by Gasteiger charge is -2.18. The summed E-state index contributed by atoms with van der Waals surface area (Å²) in [6, 6.07) is -0.119. The first-order chi connectivity index (χ1) is 9.54. The molecule has 0 saturated heterocycles. The monoisotopic (exact) mass is 289 g/mol. The van der Waals surface area contributed by atoms with Crippen molar-refractivity contribution in [3.05, 3.63) is 20.7 Å². The Morgan fingerprint density at radius 2 is 2.25 bits per heavy atom. The van der Waals surface area contributed by atoms with Gasteiger partial charge in [0.05, 0.1) is 6.04 Å². The molecule has 108 valence electrons. The third-order valence-corrected chi connectivity index (χ3v) is 4.22. The number of hydrogen-bond acceptors (Lipinski definition) is 3. The number of Topliss-reactive ketones (excluding diaryl/α,β-unsaturated/α-hetero) is 1. The lowest BCUT2D eigenvalue weighted by molar-refractivity contribution is -0.123. The number of carbonyl (C=O) groups excluding carboxylic acids is 1. The first kappa shape index (κ1) is 16.7. The molecule has 0 fully saturated rings. The molecule has 1 atom stereocenters. The third kappa shape index (κ3) is 4.06. The van der Waals surface area contributed by atoms with Gasteiger partial charge in [-0.05, 0) is 36.1 Å². The van der Waals surface area contributed by atoms with Gasteiger partial charge in [0.1, 0.15) is 0 Å². The van der Waals surface area contributed by atoms with Crippen LogP contribution in [-0.2, 0) is 11.2 Å². The summed E-state index contributed by atoms with van der Waals surface area (Å²) in [4.78, 5) is 12.3. The van der Waals surface area contributed by atoms with Crippen molar-refractivity contribution in [1.82, 2.24) is 5.32 Å². The van der Waals surface area contributed by atoms with E-state index in [2.05, 4.69) is 22.7 Å². The predicted molar refractivity (Wildman–Crippen MR) is 88.0 cm³/mol. The Bertz CT molecular complexity index is 604. The summed E-state index contributed by atoms with van der Waals surface area (Å²) in [5.41, 5.74) is 1.19. The van der Waals surface area contributed by atoms with Crippen molar-refractivity contribution in [3.63, 3.8) is 0 Å². The van der Waals surface area contributed by atoms with Gasteiger partial charge in [0.25, 0.3) is 0 Å². The largest absolute Gasteiger partial charge is 0.307 e. The summed E-state index contributed by atoms with van der Waals surface area (Å²) in [7, 11) is 0. The van der Waals surface area contributed by atoms with E-state index in [4.69, 9.17) is 6.42 Å². The van der Waals surface area contributed by atoms with E-state index in [1.165, 1.54) is 5.56 Å². The Kier molecular flexibility index (Phi) is 6.70. The van der Waals surface area contributed by atoms with E-state index in [-0.39, 0.29) is 17.7 Å². The van der Waals surface area contributed by atoms with Crippen molar-refractivity contribution in [2.45, 2.75) is 40.2 Å². The highest BCUT2D eigenvalue weighted by molar-refractivity contribution is 7.07. The second-order valence-corrected chi connectivity index (χ2v) is 5.92. The second kappa shape index (κ2) is 8.04. The van der Waals surface area contributed by atoms with E-state index in [9.17, 15) is 4.79 Å². The van der Waals surface area contributed by atoms with Crippen molar-refractivity contribution in [2.24, 2.45) is 5.92 Å². The van der Waals surface area contributed by atoms with E-state index in [1.54, 1.807) is 17.4 Å². The molecule has 0 aromatic carbocycles. The van der Waals surface area contributed by atoms with Crippen molar-refractivity contribution >= 4 is 29.3 Å². The van der Waals surface area contributed by atoms with Gasteiger partial charge in [-0.15, -0.1) is 17.8 Å². The number of terminal acetylenes is 1. The molecule has 1 aromatic heterocycles. The number of rotatable bonds is 6. The fourth-order valence-electron chi connectivity index (χ4n) is 2.24. The van der Waals surface area contributed by atoms with Crippen LogP contribution >= 0.6 is 11.3 Å². The molecule has 1 rings (SSSR count). The molecule has 3 heteroatoms. The Morgan fingerprint density at radius 3 is 2.75 bits per heavy atom. The first-order valence-corrected chi connectivity index (χ1v) is 7.89. The van der Waals surface area contributed by atoms with Gasteiger partial charge in [-0.1, -0.05) is 32.8 Å². The predicted octanol–water partition coefficient (Wildman–Crippen LogP) is 1.71. The average Bonchev–Trinajstić information content (AvgIpc) is 2.79. The van der Waals surface area contributed by atoms with Crippen LogP contribution in [0.2, 0.25) is 0 Å². The fraction of sp³-hybridized carbons (Fsp3) is 0.471. The van der Waals surface area contributed by atoms with Crippen LogP contribution in [0.3, 0.4) is 0 Å². The van der Waals surface area contributed by atoms with Crippen LogP contribution in [0.1, 0.15) is 33.3 Å². The molecule has 1 N–H and O–H groups in total. The van der Waals surface area contributed by atoms with E-state index in [0.29, 0.717) is 0 Å². The van der Waals surface area contributed by atoms with Gasteiger partial charge >= 0.3 is 0 Å². The minimum atomic E-state index is -0.119.